The lowest BCUT2D eigenvalue weighted by molar-refractivity contribution is -0.135. The Bertz CT molecular complexity index is 934. The molecular formula is C23H28N4O. The van der Waals surface area contributed by atoms with Gasteiger partial charge in [0.15, 0.2) is 0 Å². The molecule has 3 heterocycles. The second kappa shape index (κ2) is 8.55. The molecular weight excluding hydrogens is 348 g/mol. The highest BCUT2D eigenvalue weighted by atomic mass is 16.2. The number of hydrogen-bond acceptors (Lipinski definition) is 3. The maximum Gasteiger partial charge on any atom is 0.224 e. The molecule has 4 rings (SSSR count). The standard InChI is InChI=1S/C23H28N4O/c1-18-25-21-10-2-3-11-22(21)26(18)17-14-23(28)27-16-7-5-9-20(27)13-12-19-8-4-6-15-24-19/h2-4,6,8,10-11,15,20H,5,7,9,12-14,16-17H2,1H3. The Morgan fingerprint density at radius 2 is 2.00 bits per heavy atom. The number of benzene rings is 1. The van der Waals surface area contributed by atoms with Gasteiger partial charge in [0.05, 0.1) is 11.0 Å². The van der Waals surface area contributed by atoms with Crippen LogP contribution in [0, 0.1) is 6.92 Å². The first kappa shape index (κ1) is 18.7. The van der Waals surface area contributed by atoms with E-state index in [-0.39, 0.29) is 5.91 Å². The predicted octanol–water partition coefficient (Wildman–Crippen LogP) is 4.14. The van der Waals surface area contributed by atoms with E-state index in [1.54, 1.807) is 0 Å². The van der Waals surface area contributed by atoms with E-state index in [0.29, 0.717) is 19.0 Å². The number of pyridine rings is 1. The van der Waals surface area contributed by atoms with Crippen molar-refractivity contribution in [1.29, 1.82) is 0 Å². The molecule has 0 radical (unpaired) electrons. The molecule has 1 fully saturated rings. The number of fused-ring (bicyclic) bond motifs is 1. The normalized spacial score (nSPS) is 17.2. The van der Waals surface area contributed by atoms with E-state index in [1.165, 1.54) is 6.42 Å². The lowest BCUT2D eigenvalue weighted by Gasteiger charge is -2.36. The third-order valence-electron chi connectivity index (χ3n) is 5.80. The van der Waals surface area contributed by atoms with Crippen molar-refractivity contribution >= 4 is 16.9 Å². The van der Waals surface area contributed by atoms with Gasteiger partial charge in [-0.15, -0.1) is 0 Å². The topological polar surface area (TPSA) is 51.0 Å². The Kier molecular flexibility index (Phi) is 5.70. The number of hydrogen-bond donors (Lipinski definition) is 0. The average Bonchev–Trinajstić information content (AvgIpc) is 3.06. The van der Waals surface area contributed by atoms with Crippen LogP contribution in [0.3, 0.4) is 0 Å². The molecule has 1 amide bonds. The van der Waals surface area contributed by atoms with Crippen molar-refractivity contribution < 1.29 is 4.79 Å². The van der Waals surface area contributed by atoms with Gasteiger partial charge in [-0.1, -0.05) is 18.2 Å². The van der Waals surface area contributed by atoms with Crippen LogP contribution in [0.15, 0.2) is 48.7 Å². The number of carbonyl (C=O) groups is 1. The Hall–Kier alpha value is -2.69. The number of para-hydroxylation sites is 2. The van der Waals surface area contributed by atoms with Crippen molar-refractivity contribution in [2.45, 2.75) is 58.0 Å². The summed E-state index contributed by atoms with van der Waals surface area (Å²) in [6.45, 7) is 3.59. The summed E-state index contributed by atoms with van der Waals surface area (Å²) in [5.74, 6) is 1.24. The number of nitrogens with zero attached hydrogens (tertiary/aromatic N) is 4. The van der Waals surface area contributed by atoms with E-state index in [2.05, 4.69) is 31.6 Å². The molecule has 1 aliphatic heterocycles. The second-order valence-corrected chi connectivity index (χ2v) is 7.65. The van der Waals surface area contributed by atoms with E-state index in [4.69, 9.17) is 0 Å². The van der Waals surface area contributed by atoms with E-state index < -0.39 is 0 Å². The Morgan fingerprint density at radius 1 is 1.14 bits per heavy atom. The summed E-state index contributed by atoms with van der Waals surface area (Å²) in [5, 5.41) is 0. The minimum atomic E-state index is 0.267. The van der Waals surface area contributed by atoms with Gasteiger partial charge in [0.2, 0.25) is 5.91 Å². The van der Waals surface area contributed by atoms with Crippen LogP contribution in [0.25, 0.3) is 11.0 Å². The lowest BCUT2D eigenvalue weighted by atomic mass is 9.96. The van der Waals surface area contributed by atoms with Gasteiger partial charge >= 0.3 is 0 Å². The van der Waals surface area contributed by atoms with E-state index in [9.17, 15) is 4.79 Å². The highest BCUT2D eigenvalue weighted by Crippen LogP contribution is 2.23. The molecule has 1 aliphatic rings. The van der Waals surface area contributed by atoms with E-state index in [0.717, 1.165) is 54.8 Å². The quantitative estimate of drug-likeness (QED) is 0.649. The van der Waals surface area contributed by atoms with Crippen LogP contribution >= 0.6 is 0 Å². The summed E-state index contributed by atoms with van der Waals surface area (Å²) >= 11 is 0. The molecule has 0 aliphatic carbocycles. The number of rotatable bonds is 6. The van der Waals surface area contributed by atoms with Crippen LogP contribution in [0.1, 0.15) is 43.6 Å². The fourth-order valence-corrected chi connectivity index (χ4v) is 4.32. The van der Waals surface area contributed by atoms with Crippen molar-refractivity contribution in [1.82, 2.24) is 19.4 Å². The second-order valence-electron chi connectivity index (χ2n) is 7.65. The number of aromatic nitrogens is 3. The monoisotopic (exact) mass is 376 g/mol. The van der Waals surface area contributed by atoms with Crippen LogP contribution in [0.4, 0.5) is 0 Å². The number of amides is 1. The smallest absolute Gasteiger partial charge is 0.224 e. The summed E-state index contributed by atoms with van der Waals surface area (Å²) in [6.07, 6.45) is 7.72. The zero-order chi connectivity index (χ0) is 19.3. The third kappa shape index (κ3) is 4.08. The average molecular weight is 377 g/mol. The number of aryl methyl sites for hydroxylation is 3. The first-order valence-corrected chi connectivity index (χ1v) is 10.3. The molecule has 28 heavy (non-hydrogen) atoms. The SMILES string of the molecule is Cc1nc2ccccc2n1CCC(=O)N1CCCCC1CCc1ccccn1. The fourth-order valence-electron chi connectivity index (χ4n) is 4.32. The van der Waals surface area contributed by atoms with Gasteiger partial charge in [-0.05, 0) is 63.3 Å². The molecule has 1 saturated heterocycles. The van der Waals surface area contributed by atoms with Crippen LogP contribution < -0.4 is 0 Å². The fraction of sp³-hybridized carbons (Fsp3) is 0.435. The van der Waals surface area contributed by atoms with Gasteiger partial charge < -0.3 is 9.47 Å². The molecule has 1 unspecified atom stereocenters. The summed E-state index contributed by atoms with van der Waals surface area (Å²) in [6, 6.07) is 14.5. The van der Waals surface area contributed by atoms with Crippen LogP contribution in [0.5, 0.6) is 0 Å². The first-order chi connectivity index (χ1) is 13.7. The molecule has 5 nitrogen and oxygen atoms in total. The molecule has 3 aromatic rings. The largest absolute Gasteiger partial charge is 0.340 e. The molecule has 1 atom stereocenters. The van der Waals surface area contributed by atoms with Gasteiger partial charge in [0, 0.05) is 37.4 Å². The molecule has 146 valence electrons. The minimum Gasteiger partial charge on any atom is -0.340 e. The van der Waals surface area contributed by atoms with Crippen LogP contribution in [-0.4, -0.2) is 37.9 Å². The maximum absolute atomic E-state index is 13.0. The Labute approximate surface area is 166 Å². The number of imidazole rings is 1. The summed E-state index contributed by atoms with van der Waals surface area (Å²) < 4.78 is 2.17. The molecule has 0 saturated carbocycles. The summed E-state index contributed by atoms with van der Waals surface area (Å²) in [4.78, 5) is 24.2. The molecule has 0 spiro atoms. The number of carbonyl (C=O) groups excluding carboxylic acids is 1. The molecule has 2 aromatic heterocycles. The highest BCUT2D eigenvalue weighted by Gasteiger charge is 2.26. The van der Waals surface area contributed by atoms with Crippen LogP contribution in [0.2, 0.25) is 0 Å². The summed E-state index contributed by atoms with van der Waals surface area (Å²) in [7, 11) is 0. The van der Waals surface area contributed by atoms with Crippen LogP contribution in [-0.2, 0) is 17.8 Å². The van der Waals surface area contributed by atoms with Gasteiger partial charge in [-0.3, -0.25) is 9.78 Å². The van der Waals surface area contributed by atoms with Gasteiger partial charge in [0.1, 0.15) is 5.82 Å². The molecule has 0 bridgehead atoms. The minimum absolute atomic E-state index is 0.267. The van der Waals surface area contributed by atoms with Crippen molar-refractivity contribution in [2.24, 2.45) is 0 Å². The van der Waals surface area contributed by atoms with E-state index in [1.807, 2.05) is 43.5 Å². The molecule has 5 heteroatoms. The molecule has 0 N–H and O–H groups in total. The zero-order valence-electron chi connectivity index (χ0n) is 16.6. The molecule has 1 aromatic carbocycles. The maximum atomic E-state index is 13.0. The van der Waals surface area contributed by atoms with E-state index >= 15 is 0 Å². The van der Waals surface area contributed by atoms with Gasteiger partial charge in [-0.25, -0.2) is 4.98 Å². The Morgan fingerprint density at radius 3 is 2.86 bits per heavy atom. The zero-order valence-corrected chi connectivity index (χ0v) is 16.6. The third-order valence-corrected chi connectivity index (χ3v) is 5.80. The van der Waals surface area contributed by atoms with Crippen molar-refractivity contribution in [3.8, 4) is 0 Å². The number of piperidine rings is 1. The van der Waals surface area contributed by atoms with Crippen molar-refractivity contribution in [3.63, 3.8) is 0 Å². The van der Waals surface area contributed by atoms with Crippen molar-refractivity contribution in [2.75, 3.05) is 6.54 Å². The van der Waals surface area contributed by atoms with Crippen molar-refractivity contribution in [3.05, 3.63) is 60.2 Å². The highest BCUT2D eigenvalue weighted by molar-refractivity contribution is 5.78. The Balaban J connectivity index is 1.40. The first-order valence-electron chi connectivity index (χ1n) is 10.3. The summed E-state index contributed by atoms with van der Waals surface area (Å²) in [5.41, 5.74) is 3.22. The lowest BCUT2D eigenvalue weighted by Crippen LogP contribution is -2.44. The predicted molar refractivity (Wildman–Crippen MR) is 111 cm³/mol. The number of likely N-dealkylation sites (tertiary alicyclic amines) is 1. The van der Waals surface area contributed by atoms with Gasteiger partial charge in [0.25, 0.3) is 0 Å². The van der Waals surface area contributed by atoms with Gasteiger partial charge in [-0.2, -0.15) is 0 Å².